The van der Waals surface area contributed by atoms with Crippen molar-refractivity contribution in [2.75, 3.05) is 12.4 Å². The highest BCUT2D eigenvalue weighted by molar-refractivity contribution is 9.10. The second-order valence-corrected chi connectivity index (χ2v) is 4.87. The van der Waals surface area contributed by atoms with E-state index in [1.807, 2.05) is 33.8 Å². The summed E-state index contributed by atoms with van der Waals surface area (Å²) in [4.78, 5) is 10.9. The van der Waals surface area contributed by atoms with Gasteiger partial charge in [-0.3, -0.25) is 4.79 Å². The van der Waals surface area contributed by atoms with E-state index in [1.54, 1.807) is 12.1 Å². The molecule has 3 N–H and O–H groups in total. The second-order valence-electron chi connectivity index (χ2n) is 3.25. The van der Waals surface area contributed by atoms with E-state index in [4.69, 9.17) is 28.9 Å². The maximum absolute atomic E-state index is 10.9. The highest BCUT2D eigenvalue weighted by Gasteiger charge is 2.09. The predicted molar refractivity (Wildman–Crippen MR) is 92.5 cm³/mol. The van der Waals surface area contributed by atoms with Crippen molar-refractivity contribution in [3.63, 3.8) is 0 Å². The standard InChI is InChI=1S/C10H11BrCl2N2O.2C2H6/c11-7-1-6(2-8(13)3-7)9(14)5-15-10(16)4-12;2*1-2/h1-3,9H,4-5,14H2,(H,15,16);2*1-2H3. The molecule has 1 aromatic rings. The highest BCUT2D eigenvalue weighted by Crippen LogP contribution is 2.22. The smallest absolute Gasteiger partial charge is 0.234 e. The normalized spacial score (nSPS) is 10.4. The molecule has 0 aliphatic heterocycles. The van der Waals surface area contributed by atoms with E-state index < -0.39 is 0 Å². The van der Waals surface area contributed by atoms with E-state index in [0.717, 1.165) is 10.0 Å². The zero-order valence-corrected chi connectivity index (χ0v) is 15.4. The van der Waals surface area contributed by atoms with Crippen LogP contribution >= 0.6 is 39.1 Å². The minimum absolute atomic E-state index is 0.0635. The molecule has 116 valence electrons. The monoisotopic (exact) mass is 384 g/mol. The Morgan fingerprint density at radius 1 is 1.30 bits per heavy atom. The Kier molecular flexibility index (Phi) is 15.0. The number of amides is 1. The summed E-state index contributed by atoms with van der Waals surface area (Å²) in [5.41, 5.74) is 6.75. The van der Waals surface area contributed by atoms with Gasteiger partial charge >= 0.3 is 0 Å². The lowest BCUT2D eigenvalue weighted by Crippen LogP contribution is -2.32. The van der Waals surface area contributed by atoms with Gasteiger partial charge in [0.1, 0.15) is 5.88 Å². The SMILES string of the molecule is CC.CC.NC(CNC(=O)CCl)c1cc(Cl)cc(Br)c1. The zero-order valence-electron chi connectivity index (χ0n) is 12.3. The lowest BCUT2D eigenvalue weighted by molar-refractivity contribution is -0.118. The van der Waals surface area contributed by atoms with E-state index in [9.17, 15) is 4.79 Å². The molecule has 0 fully saturated rings. The molecule has 6 heteroatoms. The number of alkyl halides is 1. The molecule has 0 heterocycles. The van der Waals surface area contributed by atoms with Crippen LogP contribution in [0.1, 0.15) is 39.3 Å². The van der Waals surface area contributed by atoms with Crippen LogP contribution < -0.4 is 11.1 Å². The summed E-state index contributed by atoms with van der Waals surface area (Å²) in [6.07, 6.45) is 0. The van der Waals surface area contributed by atoms with Crippen molar-refractivity contribution >= 4 is 45.0 Å². The second kappa shape index (κ2) is 13.7. The fourth-order valence-electron chi connectivity index (χ4n) is 1.18. The van der Waals surface area contributed by atoms with E-state index >= 15 is 0 Å². The van der Waals surface area contributed by atoms with Crippen molar-refractivity contribution in [2.24, 2.45) is 5.73 Å². The number of rotatable bonds is 4. The summed E-state index contributed by atoms with van der Waals surface area (Å²) in [6.45, 7) is 8.33. The van der Waals surface area contributed by atoms with Gasteiger partial charge in [0.25, 0.3) is 0 Å². The topological polar surface area (TPSA) is 55.1 Å². The predicted octanol–water partition coefficient (Wildman–Crippen LogP) is 4.51. The quantitative estimate of drug-likeness (QED) is 0.749. The average molecular weight is 386 g/mol. The maximum atomic E-state index is 10.9. The summed E-state index contributed by atoms with van der Waals surface area (Å²) in [7, 11) is 0. The van der Waals surface area contributed by atoms with E-state index in [-0.39, 0.29) is 17.8 Å². The third-order valence-corrected chi connectivity index (χ3v) is 2.87. The summed E-state index contributed by atoms with van der Waals surface area (Å²) in [6, 6.07) is 5.10. The molecule has 0 radical (unpaired) electrons. The Bertz CT molecular complexity index is 369. The first-order valence-electron chi connectivity index (χ1n) is 6.57. The van der Waals surface area contributed by atoms with Crippen LogP contribution in [0.4, 0.5) is 0 Å². The van der Waals surface area contributed by atoms with Crippen LogP contribution in [0, 0.1) is 0 Å². The van der Waals surface area contributed by atoms with Crippen molar-refractivity contribution in [1.29, 1.82) is 0 Å². The van der Waals surface area contributed by atoms with Gasteiger partial charge in [0.15, 0.2) is 0 Å². The van der Waals surface area contributed by atoms with E-state index in [0.29, 0.717) is 11.6 Å². The zero-order chi connectivity index (χ0) is 16.1. The first-order chi connectivity index (χ1) is 9.52. The molecule has 20 heavy (non-hydrogen) atoms. The number of benzene rings is 1. The number of nitrogens with two attached hydrogens (primary N) is 1. The van der Waals surface area contributed by atoms with Crippen LogP contribution in [0.15, 0.2) is 22.7 Å². The van der Waals surface area contributed by atoms with Crippen LogP contribution in [0.2, 0.25) is 5.02 Å². The Labute approximate surface area is 140 Å². The van der Waals surface area contributed by atoms with Crippen molar-refractivity contribution < 1.29 is 4.79 Å². The number of carbonyl (C=O) groups is 1. The third kappa shape index (κ3) is 9.59. The van der Waals surface area contributed by atoms with Crippen LogP contribution in [-0.2, 0) is 4.79 Å². The number of carbonyl (C=O) groups excluding carboxylic acids is 1. The van der Waals surface area contributed by atoms with Gasteiger partial charge in [-0.2, -0.15) is 0 Å². The largest absolute Gasteiger partial charge is 0.353 e. The fourth-order valence-corrected chi connectivity index (χ4v) is 2.16. The van der Waals surface area contributed by atoms with Crippen molar-refractivity contribution in [2.45, 2.75) is 33.7 Å². The molecular weight excluding hydrogens is 363 g/mol. The van der Waals surface area contributed by atoms with Crippen molar-refractivity contribution in [1.82, 2.24) is 5.32 Å². The van der Waals surface area contributed by atoms with E-state index in [1.165, 1.54) is 0 Å². The van der Waals surface area contributed by atoms with Crippen LogP contribution in [0.3, 0.4) is 0 Å². The molecule has 1 aromatic carbocycles. The Morgan fingerprint density at radius 2 is 1.85 bits per heavy atom. The lowest BCUT2D eigenvalue weighted by Gasteiger charge is -2.13. The molecule has 0 spiro atoms. The van der Waals surface area contributed by atoms with Crippen LogP contribution in [0.5, 0.6) is 0 Å². The third-order valence-electron chi connectivity index (χ3n) is 1.95. The highest BCUT2D eigenvalue weighted by atomic mass is 79.9. The van der Waals surface area contributed by atoms with Gasteiger partial charge in [0, 0.05) is 22.1 Å². The number of hydrogen-bond acceptors (Lipinski definition) is 2. The first-order valence-corrected chi connectivity index (χ1v) is 8.27. The molecule has 0 aromatic heterocycles. The molecule has 1 atom stereocenters. The van der Waals surface area contributed by atoms with Gasteiger partial charge in [-0.25, -0.2) is 0 Å². The van der Waals surface area contributed by atoms with Crippen LogP contribution in [0.25, 0.3) is 0 Å². The first kappa shape index (κ1) is 22.0. The number of hydrogen-bond donors (Lipinski definition) is 2. The fraction of sp³-hybridized carbons (Fsp3) is 0.500. The summed E-state index contributed by atoms with van der Waals surface area (Å²) >= 11 is 14.6. The summed E-state index contributed by atoms with van der Waals surface area (Å²) < 4.78 is 0.856. The molecule has 1 unspecified atom stereocenters. The van der Waals surface area contributed by atoms with Gasteiger partial charge in [0.2, 0.25) is 5.91 Å². The molecule has 3 nitrogen and oxygen atoms in total. The van der Waals surface area contributed by atoms with Gasteiger partial charge < -0.3 is 11.1 Å². The molecule has 0 saturated carbocycles. The summed E-state index contributed by atoms with van der Waals surface area (Å²) in [5.74, 6) is -0.301. The van der Waals surface area contributed by atoms with Crippen LogP contribution in [-0.4, -0.2) is 18.3 Å². The molecule has 0 saturated heterocycles. The Morgan fingerprint density at radius 3 is 2.30 bits per heavy atom. The average Bonchev–Trinajstić information content (AvgIpc) is 2.47. The minimum Gasteiger partial charge on any atom is -0.353 e. The van der Waals surface area contributed by atoms with Gasteiger partial charge in [-0.05, 0) is 23.8 Å². The maximum Gasteiger partial charge on any atom is 0.234 e. The molecule has 1 rings (SSSR count). The summed E-state index contributed by atoms with van der Waals surface area (Å²) in [5, 5.41) is 3.22. The molecule has 0 aliphatic rings. The van der Waals surface area contributed by atoms with Gasteiger partial charge in [-0.15, -0.1) is 11.6 Å². The van der Waals surface area contributed by atoms with E-state index in [2.05, 4.69) is 21.2 Å². The molecule has 0 aliphatic carbocycles. The lowest BCUT2D eigenvalue weighted by atomic mass is 10.1. The minimum atomic E-state index is -0.304. The Balaban J connectivity index is 0. The number of nitrogens with one attached hydrogen (secondary N) is 1. The van der Waals surface area contributed by atoms with Crippen molar-refractivity contribution in [3.05, 3.63) is 33.3 Å². The molecule has 1 amide bonds. The van der Waals surface area contributed by atoms with Gasteiger partial charge in [-0.1, -0.05) is 55.2 Å². The van der Waals surface area contributed by atoms with Gasteiger partial charge in [0.05, 0.1) is 0 Å². The number of halogens is 3. The van der Waals surface area contributed by atoms with Crippen molar-refractivity contribution in [3.8, 4) is 0 Å². The molecule has 0 bridgehead atoms. The Hall–Kier alpha value is -0.290. The molecular formula is C14H23BrCl2N2O.